The monoisotopic (exact) mass is 426 g/mol. The predicted octanol–water partition coefficient (Wildman–Crippen LogP) is 4.24. The normalized spacial score (nSPS) is 20.6. The van der Waals surface area contributed by atoms with Crippen molar-refractivity contribution >= 4 is 0 Å². The van der Waals surface area contributed by atoms with Crippen LogP contribution in [0.4, 0.5) is 26.3 Å². The first kappa shape index (κ1) is 19.1. The quantitative estimate of drug-likeness (QED) is 0.431. The molecule has 2 aliphatic rings. The Morgan fingerprint density at radius 2 is 1.63 bits per heavy atom. The molecule has 0 N–H and O–H groups in total. The maximum atomic E-state index is 13.2. The Kier molecular flexibility index (Phi) is 4.02. The predicted molar refractivity (Wildman–Crippen MR) is 90.6 cm³/mol. The Balaban J connectivity index is 1.63. The summed E-state index contributed by atoms with van der Waals surface area (Å²) in [5.41, 5.74) is -0.980. The second-order valence-electron chi connectivity index (χ2n) is 7.34. The van der Waals surface area contributed by atoms with Crippen LogP contribution in [-0.4, -0.2) is 15.9 Å². The molecule has 0 saturated carbocycles. The summed E-state index contributed by atoms with van der Waals surface area (Å²) in [6, 6.07) is 8.90. The zero-order valence-electron chi connectivity index (χ0n) is 15.2. The van der Waals surface area contributed by atoms with Crippen LogP contribution in [0.25, 0.3) is 5.69 Å². The van der Waals surface area contributed by atoms with E-state index in [0.717, 1.165) is 15.8 Å². The van der Waals surface area contributed by atoms with Crippen molar-refractivity contribution in [1.82, 2.24) is 9.78 Å². The van der Waals surface area contributed by atoms with Crippen molar-refractivity contribution in [2.45, 2.75) is 37.5 Å². The standard InChI is InChI=1S/C20H14F6N3O/c21-19(22,23)12-6-13(20(24,25)26)8-14(7-12)29-10-28-17(27-29)9-30-16-5-11-3-1-2-4-15(11)18(16)28/h1-4,6-8,10,16,18H,5,9H2/q+1/t16-,18+/m0/s1. The lowest BCUT2D eigenvalue weighted by molar-refractivity contribution is -0.739. The molecule has 0 fully saturated rings. The average molecular weight is 426 g/mol. The van der Waals surface area contributed by atoms with Gasteiger partial charge in [-0.25, -0.2) is 4.57 Å². The van der Waals surface area contributed by atoms with Crippen LogP contribution in [0.1, 0.15) is 34.1 Å². The van der Waals surface area contributed by atoms with E-state index in [2.05, 4.69) is 5.10 Å². The molecule has 2 heterocycles. The van der Waals surface area contributed by atoms with Crippen molar-refractivity contribution in [3.05, 3.63) is 76.9 Å². The van der Waals surface area contributed by atoms with Gasteiger partial charge in [-0.3, -0.25) is 0 Å². The van der Waals surface area contributed by atoms with Gasteiger partial charge in [-0.1, -0.05) is 28.9 Å². The van der Waals surface area contributed by atoms with Gasteiger partial charge in [-0.2, -0.15) is 26.3 Å². The highest BCUT2D eigenvalue weighted by atomic mass is 19.4. The molecule has 1 aromatic heterocycles. The molecule has 2 atom stereocenters. The second kappa shape index (κ2) is 6.31. The molecule has 1 aliphatic carbocycles. The van der Waals surface area contributed by atoms with E-state index >= 15 is 0 Å². The zero-order chi connectivity index (χ0) is 21.3. The zero-order valence-corrected chi connectivity index (χ0v) is 15.2. The van der Waals surface area contributed by atoms with Crippen LogP contribution in [0.5, 0.6) is 0 Å². The molecule has 2 aromatic carbocycles. The molecule has 0 bridgehead atoms. The first-order chi connectivity index (χ1) is 14.1. The summed E-state index contributed by atoms with van der Waals surface area (Å²) in [6.45, 7) is 0.118. The van der Waals surface area contributed by atoms with Gasteiger partial charge in [0.15, 0.2) is 0 Å². The van der Waals surface area contributed by atoms with Crippen molar-refractivity contribution in [2.75, 3.05) is 0 Å². The van der Waals surface area contributed by atoms with Crippen LogP contribution >= 0.6 is 0 Å². The number of rotatable bonds is 1. The van der Waals surface area contributed by atoms with E-state index in [-0.39, 0.29) is 30.5 Å². The first-order valence-electron chi connectivity index (χ1n) is 9.10. The summed E-state index contributed by atoms with van der Waals surface area (Å²) in [5.74, 6) is 0.430. The molecular formula is C20H14F6N3O+. The van der Waals surface area contributed by atoms with Gasteiger partial charge in [0.2, 0.25) is 6.33 Å². The van der Waals surface area contributed by atoms with Crippen molar-refractivity contribution < 1.29 is 35.6 Å². The molecule has 0 radical (unpaired) electrons. The van der Waals surface area contributed by atoms with Gasteiger partial charge < -0.3 is 4.74 Å². The summed E-state index contributed by atoms with van der Waals surface area (Å²) in [5, 5.41) is 4.22. The molecule has 3 aromatic rings. The summed E-state index contributed by atoms with van der Waals surface area (Å²) >= 11 is 0. The maximum absolute atomic E-state index is 13.2. The lowest BCUT2D eigenvalue weighted by Gasteiger charge is -2.23. The van der Waals surface area contributed by atoms with Crippen molar-refractivity contribution in [3.8, 4) is 5.69 Å². The van der Waals surface area contributed by atoms with Gasteiger partial charge in [0.1, 0.15) is 24.4 Å². The summed E-state index contributed by atoms with van der Waals surface area (Å²) < 4.78 is 87.9. The minimum absolute atomic E-state index is 0.104. The number of aromatic nitrogens is 3. The lowest BCUT2D eigenvalue weighted by atomic mass is 10.1. The number of hydrogen-bond donors (Lipinski definition) is 0. The Hall–Kier alpha value is -2.88. The topological polar surface area (TPSA) is 30.9 Å². The highest BCUT2D eigenvalue weighted by molar-refractivity contribution is 5.42. The molecule has 4 nitrogen and oxygen atoms in total. The van der Waals surface area contributed by atoms with Gasteiger partial charge in [-0.15, -0.1) is 0 Å². The number of hydrogen-bond acceptors (Lipinski definition) is 2. The Morgan fingerprint density at radius 1 is 0.967 bits per heavy atom. The number of ether oxygens (including phenoxy) is 1. The van der Waals surface area contributed by atoms with Crippen molar-refractivity contribution in [2.24, 2.45) is 0 Å². The van der Waals surface area contributed by atoms with E-state index in [9.17, 15) is 26.3 Å². The van der Waals surface area contributed by atoms with Crippen LogP contribution < -0.4 is 4.57 Å². The van der Waals surface area contributed by atoms with Gasteiger partial charge in [0.05, 0.1) is 11.1 Å². The van der Waals surface area contributed by atoms with E-state index < -0.39 is 23.5 Å². The third kappa shape index (κ3) is 3.06. The number of fused-ring (bicyclic) bond motifs is 5. The van der Waals surface area contributed by atoms with E-state index in [1.165, 1.54) is 6.33 Å². The Labute approximate surface area is 166 Å². The SMILES string of the molecule is FC(F)(F)c1cc(-n2c[n+]3c(n2)CO[C@H]2Cc4ccccc4[C@H]23)cc(C(F)(F)F)c1. The third-order valence-electron chi connectivity index (χ3n) is 5.47. The van der Waals surface area contributed by atoms with E-state index in [4.69, 9.17) is 4.74 Å². The lowest BCUT2D eigenvalue weighted by Crippen LogP contribution is -2.51. The number of alkyl halides is 6. The van der Waals surface area contributed by atoms with Gasteiger partial charge >= 0.3 is 18.2 Å². The Bertz CT molecular complexity index is 1100. The van der Waals surface area contributed by atoms with E-state index in [0.29, 0.717) is 24.4 Å². The maximum Gasteiger partial charge on any atom is 0.416 e. The highest BCUT2D eigenvalue weighted by Crippen LogP contribution is 2.38. The number of halogens is 6. The summed E-state index contributed by atoms with van der Waals surface area (Å²) in [4.78, 5) is 0. The molecule has 0 unspecified atom stereocenters. The molecular weight excluding hydrogens is 412 g/mol. The summed E-state index contributed by atoms with van der Waals surface area (Å²) in [7, 11) is 0. The molecule has 156 valence electrons. The molecule has 0 spiro atoms. The fourth-order valence-electron chi connectivity index (χ4n) is 4.12. The highest BCUT2D eigenvalue weighted by Gasteiger charge is 2.44. The number of benzene rings is 2. The Morgan fingerprint density at radius 3 is 2.30 bits per heavy atom. The van der Waals surface area contributed by atoms with Crippen LogP contribution in [0.2, 0.25) is 0 Å². The molecule has 1 aliphatic heterocycles. The first-order valence-corrected chi connectivity index (χ1v) is 9.10. The fraction of sp³-hybridized carbons (Fsp3) is 0.300. The second-order valence-corrected chi connectivity index (χ2v) is 7.34. The smallest absolute Gasteiger partial charge is 0.363 e. The van der Waals surface area contributed by atoms with Gasteiger partial charge in [0.25, 0.3) is 0 Å². The number of nitrogens with zero attached hydrogens (tertiary/aromatic N) is 3. The molecule has 0 saturated heterocycles. The summed E-state index contributed by atoms with van der Waals surface area (Å²) in [6.07, 6.45) is -7.89. The average Bonchev–Trinajstić information content (AvgIpc) is 3.27. The van der Waals surface area contributed by atoms with E-state index in [1.807, 2.05) is 24.3 Å². The molecule has 30 heavy (non-hydrogen) atoms. The fourth-order valence-corrected chi connectivity index (χ4v) is 4.12. The minimum atomic E-state index is -4.92. The van der Waals surface area contributed by atoms with Crippen LogP contribution in [0.3, 0.4) is 0 Å². The largest absolute Gasteiger partial charge is 0.416 e. The van der Waals surface area contributed by atoms with Crippen molar-refractivity contribution in [3.63, 3.8) is 0 Å². The van der Waals surface area contributed by atoms with Crippen molar-refractivity contribution in [1.29, 1.82) is 0 Å². The van der Waals surface area contributed by atoms with Crippen LogP contribution in [0, 0.1) is 0 Å². The third-order valence-corrected chi connectivity index (χ3v) is 5.47. The van der Waals surface area contributed by atoms with Crippen LogP contribution in [0.15, 0.2) is 48.8 Å². The van der Waals surface area contributed by atoms with Gasteiger partial charge in [0, 0.05) is 11.5 Å². The van der Waals surface area contributed by atoms with Crippen LogP contribution in [-0.2, 0) is 30.1 Å². The molecule has 5 rings (SSSR count). The minimum Gasteiger partial charge on any atom is -0.363 e. The molecule has 10 heteroatoms. The molecule has 0 amide bonds. The van der Waals surface area contributed by atoms with Gasteiger partial charge in [-0.05, 0) is 29.3 Å². The van der Waals surface area contributed by atoms with E-state index in [1.54, 1.807) is 4.57 Å².